The van der Waals surface area contributed by atoms with Crippen LogP contribution in [0.15, 0.2) is 24.3 Å². The second-order valence-corrected chi connectivity index (χ2v) is 5.19. The monoisotopic (exact) mass is 263 g/mol. The van der Waals surface area contributed by atoms with Crippen LogP contribution in [0.2, 0.25) is 0 Å². The lowest BCUT2D eigenvalue weighted by Gasteiger charge is -2.03. The average molecular weight is 263 g/mol. The van der Waals surface area contributed by atoms with Crippen molar-refractivity contribution in [2.24, 2.45) is 0 Å². The van der Waals surface area contributed by atoms with Gasteiger partial charge in [-0.15, -0.1) is 0 Å². The van der Waals surface area contributed by atoms with Gasteiger partial charge in [0.1, 0.15) is 5.82 Å². The third kappa shape index (κ3) is 3.27. The molecule has 2 rings (SSSR count). The van der Waals surface area contributed by atoms with Gasteiger partial charge in [-0.2, -0.15) is 4.37 Å². The van der Waals surface area contributed by atoms with Gasteiger partial charge in [0.2, 0.25) is 5.13 Å². The largest absolute Gasteiger partial charge is 0.392 e. The molecule has 18 heavy (non-hydrogen) atoms. The van der Waals surface area contributed by atoms with Crippen molar-refractivity contribution in [3.05, 3.63) is 41.2 Å². The number of hydrogen-bond acceptors (Lipinski definition) is 5. The Morgan fingerprint density at radius 3 is 2.44 bits per heavy atom. The van der Waals surface area contributed by atoms with E-state index in [0.29, 0.717) is 5.92 Å². The van der Waals surface area contributed by atoms with Crippen molar-refractivity contribution in [3.8, 4) is 0 Å². The second kappa shape index (κ2) is 5.93. The zero-order chi connectivity index (χ0) is 13.0. The Hall–Kier alpha value is -1.46. The molecule has 2 N–H and O–H groups in total. The molecule has 0 atom stereocenters. The first-order chi connectivity index (χ1) is 8.69. The fourth-order valence-corrected chi connectivity index (χ4v) is 2.18. The molecule has 0 spiro atoms. The summed E-state index contributed by atoms with van der Waals surface area (Å²) in [7, 11) is 0. The van der Waals surface area contributed by atoms with Gasteiger partial charge >= 0.3 is 0 Å². The quantitative estimate of drug-likeness (QED) is 0.871. The molecule has 1 heterocycles. The van der Waals surface area contributed by atoms with Crippen molar-refractivity contribution >= 4 is 16.7 Å². The number of aliphatic hydroxyl groups excluding tert-OH is 1. The van der Waals surface area contributed by atoms with Gasteiger partial charge in [0, 0.05) is 24.0 Å². The van der Waals surface area contributed by atoms with Gasteiger partial charge in [0.05, 0.1) is 6.61 Å². The molecule has 1 aromatic carbocycles. The Morgan fingerprint density at radius 2 is 1.89 bits per heavy atom. The first-order valence-corrected chi connectivity index (χ1v) is 6.72. The Bertz CT molecular complexity index is 493. The zero-order valence-corrected chi connectivity index (χ0v) is 11.4. The van der Waals surface area contributed by atoms with E-state index < -0.39 is 0 Å². The molecular weight excluding hydrogens is 246 g/mol. The molecule has 0 aliphatic rings. The molecule has 0 radical (unpaired) electrons. The third-order valence-corrected chi connectivity index (χ3v) is 3.29. The van der Waals surface area contributed by atoms with Crippen molar-refractivity contribution in [1.29, 1.82) is 0 Å². The number of nitrogens with one attached hydrogen (secondary N) is 1. The number of hydrogen-bond donors (Lipinski definition) is 2. The van der Waals surface area contributed by atoms with Crippen LogP contribution < -0.4 is 5.32 Å². The highest BCUT2D eigenvalue weighted by Crippen LogP contribution is 2.18. The summed E-state index contributed by atoms with van der Waals surface area (Å²) in [5.41, 5.74) is 2.09. The maximum absolute atomic E-state index is 8.96. The number of aliphatic hydroxyl groups is 1. The molecule has 5 heteroatoms. The predicted molar refractivity (Wildman–Crippen MR) is 73.7 cm³/mol. The number of aromatic nitrogens is 2. The molecular formula is C13H17N3OS. The maximum atomic E-state index is 8.96. The van der Waals surface area contributed by atoms with E-state index in [9.17, 15) is 0 Å². The van der Waals surface area contributed by atoms with Crippen LogP contribution >= 0.6 is 11.5 Å². The van der Waals surface area contributed by atoms with E-state index in [-0.39, 0.29) is 6.61 Å². The van der Waals surface area contributed by atoms with E-state index in [4.69, 9.17) is 5.11 Å². The number of nitrogens with zero attached hydrogens (tertiary/aromatic N) is 2. The van der Waals surface area contributed by atoms with Crippen LogP contribution in [-0.2, 0) is 13.2 Å². The normalized spacial score (nSPS) is 10.9. The molecule has 2 aromatic rings. The molecule has 0 aliphatic heterocycles. The number of benzene rings is 1. The highest BCUT2D eigenvalue weighted by Gasteiger charge is 2.06. The van der Waals surface area contributed by atoms with Gasteiger partial charge in [0.15, 0.2) is 0 Å². The molecule has 1 aromatic heterocycles. The van der Waals surface area contributed by atoms with Gasteiger partial charge in [0.25, 0.3) is 0 Å². The van der Waals surface area contributed by atoms with Crippen LogP contribution in [0.1, 0.15) is 36.7 Å². The van der Waals surface area contributed by atoms with Gasteiger partial charge in [-0.3, -0.25) is 0 Å². The third-order valence-electron chi connectivity index (χ3n) is 2.61. The molecule has 96 valence electrons. The molecule has 0 fully saturated rings. The smallest absolute Gasteiger partial charge is 0.202 e. The highest BCUT2D eigenvalue weighted by atomic mass is 32.1. The molecule has 0 aliphatic carbocycles. The summed E-state index contributed by atoms with van der Waals surface area (Å²) in [5.74, 6) is 1.25. The zero-order valence-electron chi connectivity index (χ0n) is 10.6. The van der Waals surface area contributed by atoms with E-state index in [1.807, 2.05) is 24.3 Å². The van der Waals surface area contributed by atoms with E-state index >= 15 is 0 Å². The molecule has 0 unspecified atom stereocenters. The fraction of sp³-hybridized carbons (Fsp3) is 0.385. The van der Waals surface area contributed by atoms with Crippen LogP contribution in [0.25, 0.3) is 0 Å². The minimum absolute atomic E-state index is 0.0852. The van der Waals surface area contributed by atoms with Crippen molar-refractivity contribution < 1.29 is 5.11 Å². The molecule has 0 saturated heterocycles. The summed E-state index contributed by atoms with van der Waals surface area (Å²) in [6, 6.07) is 7.86. The van der Waals surface area contributed by atoms with Gasteiger partial charge in [-0.1, -0.05) is 38.1 Å². The molecule has 0 saturated carbocycles. The van der Waals surface area contributed by atoms with Gasteiger partial charge in [-0.25, -0.2) is 4.98 Å². The topological polar surface area (TPSA) is 58.0 Å². The van der Waals surface area contributed by atoms with Crippen molar-refractivity contribution in [2.45, 2.75) is 32.9 Å². The van der Waals surface area contributed by atoms with Crippen molar-refractivity contribution in [1.82, 2.24) is 9.36 Å². The summed E-state index contributed by atoms with van der Waals surface area (Å²) in [6.45, 7) is 4.97. The minimum atomic E-state index is 0.0852. The van der Waals surface area contributed by atoms with Crippen LogP contribution in [0.3, 0.4) is 0 Å². The summed E-state index contributed by atoms with van der Waals surface area (Å²) in [6.07, 6.45) is 0. The van der Waals surface area contributed by atoms with E-state index in [0.717, 1.165) is 28.6 Å². The SMILES string of the molecule is CC(C)c1nsc(NCc2ccc(CO)cc2)n1. The lowest BCUT2D eigenvalue weighted by atomic mass is 10.1. The van der Waals surface area contributed by atoms with Crippen LogP contribution in [0, 0.1) is 0 Å². The average Bonchev–Trinajstić information content (AvgIpc) is 2.86. The van der Waals surface area contributed by atoms with E-state index in [1.54, 1.807) is 0 Å². The summed E-state index contributed by atoms with van der Waals surface area (Å²) < 4.78 is 4.29. The molecule has 0 bridgehead atoms. The van der Waals surface area contributed by atoms with E-state index in [1.165, 1.54) is 11.5 Å². The lowest BCUT2D eigenvalue weighted by molar-refractivity contribution is 0.282. The summed E-state index contributed by atoms with van der Waals surface area (Å²) in [4.78, 5) is 4.41. The second-order valence-electron chi connectivity index (χ2n) is 4.44. The van der Waals surface area contributed by atoms with Gasteiger partial charge in [-0.05, 0) is 11.1 Å². The minimum Gasteiger partial charge on any atom is -0.392 e. The van der Waals surface area contributed by atoms with Crippen LogP contribution in [0.4, 0.5) is 5.13 Å². The fourth-order valence-electron chi connectivity index (χ4n) is 1.48. The molecule has 4 nitrogen and oxygen atoms in total. The van der Waals surface area contributed by atoms with E-state index in [2.05, 4.69) is 28.5 Å². The van der Waals surface area contributed by atoms with Crippen LogP contribution in [-0.4, -0.2) is 14.5 Å². The Balaban J connectivity index is 1.93. The maximum Gasteiger partial charge on any atom is 0.202 e. The highest BCUT2D eigenvalue weighted by molar-refractivity contribution is 7.09. The first-order valence-electron chi connectivity index (χ1n) is 5.95. The number of anilines is 1. The van der Waals surface area contributed by atoms with Crippen LogP contribution in [0.5, 0.6) is 0 Å². The Morgan fingerprint density at radius 1 is 1.22 bits per heavy atom. The number of rotatable bonds is 5. The summed E-state index contributed by atoms with van der Waals surface area (Å²) >= 11 is 1.39. The lowest BCUT2D eigenvalue weighted by Crippen LogP contribution is -1.99. The Kier molecular flexibility index (Phi) is 4.28. The van der Waals surface area contributed by atoms with Crippen molar-refractivity contribution in [2.75, 3.05) is 5.32 Å². The molecule has 0 amide bonds. The summed E-state index contributed by atoms with van der Waals surface area (Å²) in [5, 5.41) is 13.1. The van der Waals surface area contributed by atoms with Gasteiger partial charge < -0.3 is 10.4 Å². The standard InChI is InChI=1S/C13H17N3OS/c1-9(2)12-15-13(18-16-12)14-7-10-3-5-11(8-17)6-4-10/h3-6,9,17H,7-8H2,1-2H3,(H,14,15,16). The first kappa shape index (κ1) is 13.0. The van der Waals surface area contributed by atoms with Crippen molar-refractivity contribution in [3.63, 3.8) is 0 Å². The Labute approximate surface area is 111 Å². The predicted octanol–water partition coefficient (Wildman–Crippen LogP) is 2.77.